The van der Waals surface area contributed by atoms with E-state index in [2.05, 4.69) is 10.0 Å². The first-order valence-corrected chi connectivity index (χ1v) is 9.67. The second-order valence-corrected chi connectivity index (χ2v) is 7.56. The van der Waals surface area contributed by atoms with Crippen LogP contribution in [0.1, 0.15) is 12.5 Å². The number of aryl methyl sites for hydroxylation is 1. The molecule has 136 valence electrons. The summed E-state index contributed by atoms with van der Waals surface area (Å²) in [6.45, 7) is 3.52. The minimum atomic E-state index is -3.83. The summed E-state index contributed by atoms with van der Waals surface area (Å²) in [5, 5.41) is 3.07. The third-order valence-electron chi connectivity index (χ3n) is 3.37. The van der Waals surface area contributed by atoms with E-state index in [0.29, 0.717) is 22.0 Å². The lowest BCUT2D eigenvalue weighted by Gasteiger charge is -2.12. The Kier molecular flexibility index (Phi) is 6.60. The molecule has 0 aliphatic carbocycles. The van der Waals surface area contributed by atoms with Gasteiger partial charge in [0.2, 0.25) is 5.91 Å². The number of sulfonamides is 1. The molecule has 5 nitrogen and oxygen atoms in total. The van der Waals surface area contributed by atoms with Crippen molar-refractivity contribution in [2.75, 3.05) is 10.0 Å². The van der Waals surface area contributed by atoms with E-state index < -0.39 is 10.0 Å². The van der Waals surface area contributed by atoms with Crippen molar-refractivity contribution in [3.05, 3.63) is 77.4 Å². The predicted molar refractivity (Wildman–Crippen MR) is 106 cm³/mol. The lowest BCUT2D eigenvalue weighted by molar-refractivity contribution is -0.111. The molecule has 0 spiro atoms. The van der Waals surface area contributed by atoms with Crippen LogP contribution in [0.25, 0.3) is 0 Å². The summed E-state index contributed by atoms with van der Waals surface area (Å²) >= 11 is 5.89. The highest BCUT2D eigenvalue weighted by atomic mass is 35.5. The Bertz CT molecular complexity index is 966. The number of hydrogen-bond donors (Lipinski definition) is 2. The number of carbonyl (C=O) groups excluding carboxylic acids is 1. The fraction of sp³-hybridized carbons (Fsp3) is 0.105. The fourth-order valence-corrected chi connectivity index (χ4v) is 3.68. The second kappa shape index (κ2) is 8.69. The van der Waals surface area contributed by atoms with Crippen LogP contribution >= 0.6 is 11.6 Å². The van der Waals surface area contributed by atoms with Gasteiger partial charge in [0.1, 0.15) is 0 Å². The maximum Gasteiger partial charge on any atom is 0.262 e. The Balaban J connectivity index is 2.26. The van der Waals surface area contributed by atoms with E-state index in [1.165, 1.54) is 18.2 Å². The van der Waals surface area contributed by atoms with E-state index in [1.54, 1.807) is 55.5 Å². The molecule has 0 aliphatic rings. The Hall–Kier alpha value is -2.57. The van der Waals surface area contributed by atoms with Crippen LogP contribution in [0.15, 0.2) is 71.7 Å². The summed E-state index contributed by atoms with van der Waals surface area (Å²) in [6.07, 6.45) is 6.47. The maximum absolute atomic E-state index is 12.7. The monoisotopic (exact) mass is 390 g/mol. The molecule has 0 aliphatic heterocycles. The van der Waals surface area contributed by atoms with Gasteiger partial charge in [-0.3, -0.25) is 9.52 Å². The standard InChI is InChI=1S/C19H19ClN2O3S/c1-3-4-5-9-19(23)21-16-11-10-14(2)18(13-16)26(24,25)22-17-8-6-7-15(20)12-17/h3-13,22H,1-2H3,(H,21,23)/b4-3+,9-5+. The highest BCUT2D eigenvalue weighted by molar-refractivity contribution is 7.92. The molecule has 0 bridgehead atoms. The maximum atomic E-state index is 12.7. The number of benzene rings is 2. The molecule has 0 aromatic heterocycles. The molecule has 26 heavy (non-hydrogen) atoms. The summed E-state index contributed by atoms with van der Waals surface area (Å²) in [5.74, 6) is -0.349. The van der Waals surface area contributed by atoms with Crippen LogP contribution in [0, 0.1) is 6.92 Å². The largest absolute Gasteiger partial charge is 0.322 e. The normalized spacial score (nSPS) is 11.8. The molecule has 0 unspecified atom stereocenters. The van der Waals surface area contributed by atoms with Crippen LogP contribution in [-0.2, 0) is 14.8 Å². The third-order valence-corrected chi connectivity index (χ3v) is 5.13. The average Bonchev–Trinajstić information content (AvgIpc) is 2.56. The summed E-state index contributed by atoms with van der Waals surface area (Å²) in [6, 6.07) is 11.1. The minimum absolute atomic E-state index is 0.0766. The van der Waals surface area contributed by atoms with E-state index in [4.69, 9.17) is 11.6 Å². The molecular formula is C19H19ClN2O3S. The number of carbonyl (C=O) groups is 1. The Morgan fingerprint density at radius 1 is 1.08 bits per heavy atom. The average molecular weight is 391 g/mol. The van der Waals surface area contributed by atoms with Gasteiger partial charge < -0.3 is 5.32 Å². The van der Waals surface area contributed by atoms with E-state index in [9.17, 15) is 13.2 Å². The number of hydrogen-bond acceptors (Lipinski definition) is 3. The molecular weight excluding hydrogens is 372 g/mol. The summed E-state index contributed by atoms with van der Waals surface area (Å²) < 4.78 is 27.9. The number of halogens is 1. The number of amides is 1. The first-order valence-electron chi connectivity index (χ1n) is 7.81. The van der Waals surface area contributed by atoms with E-state index in [0.717, 1.165) is 0 Å². The van der Waals surface area contributed by atoms with Crippen molar-refractivity contribution < 1.29 is 13.2 Å². The fourth-order valence-electron chi connectivity index (χ4n) is 2.17. The van der Waals surface area contributed by atoms with Gasteiger partial charge in [0, 0.05) is 16.8 Å². The lowest BCUT2D eigenvalue weighted by Crippen LogP contribution is -2.15. The highest BCUT2D eigenvalue weighted by Crippen LogP contribution is 2.24. The number of rotatable bonds is 6. The number of anilines is 2. The Labute approximate surface area is 158 Å². The zero-order valence-corrected chi connectivity index (χ0v) is 15.9. The number of allylic oxidation sites excluding steroid dienone is 3. The first-order chi connectivity index (χ1) is 12.3. The Morgan fingerprint density at radius 3 is 2.54 bits per heavy atom. The highest BCUT2D eigenvalue weighted by Gasteiger charge is 2.18. The molecule has 0 radical (unpaired) electrons. The van der Waals surface area contributed by atoms with Crippen LogP contribution < -0.4 is 10.0 Å². The van der Waals surface area contributed by atoms with Crippen LogP contribution in [0.4, 0.5) is 11.4 Å². The van der Waals surface area contributed by atoms with Crippen molar-refractivity contribution in [2.45, 2.75) is 18.7 Å². The van der Waals surface area contributed by atoms with E-state index in [-0.39, 0.29) is 10.8 Å². The molecule has 0 saturated heterocycles. The molecule has 1 amide bonds. The molecule has 2 aromatic rings. The molecule has 2 aromatic carbocycles. The second-order valence-electron chi connectivity index (χ2n) is 5.47. The van der Waals surface area contributed by atoms with Gasteiger partial charge >= 0.3 is 0 Å². The topological polar surface area (TPSA) is 75.3 Å². The SMILES string of the molecule is C/C=C/C=C/C(=O)Nc1ccc(C)c(S(=O)(=O)Nc2cccc(Cl)c2)c1. The molecule has 0 fully saturated rings. The lowest BCUT2D eigenvalue weighted by atomic mass is 10.2. The first kappa shape index (κ1) is 19.8. The minimum Gasteiger partial charge on any atom is -0.322 e. The van der Waals surface area contributed by atoms with Crippen LogP contribution in [0.2, 0.25) is 5.02 Å². The van der Waals surface area contributed by atoms with Crippen molar-refractivity contribution in [3.8, 4) is 0 Å². The van der Waals surface area contributed by atoms with Gasteiger partial charge in [-0.1, -0.05) is 42.0 Å². The molecule has 0 atom stereocenters. The van der Waals surface area contributed by atoms with Crippen molar-refractivity contribution in [2.24, 2.45) is 0 Å². The van der Waals surface area contributed by atoms with Gasteiger partial charge in [0.25, 0.3) is 10.0 Å². The predicted octanol–water partition coefficient (Wildman–Crippen LogP) is 4.52. The Morgan fingerprint density at radius 2 is 1.85 bits per heavy atom. The van der Waals surface area contributed by atoms with Gasteiger partial charge in [0.05, 0.1) is 10.6 Å². The number of nitrogens with one attached hydrogen (secondary N) is 2. The van der Waals surface area contributed by atoms with Crippen molar-refractivity contribution in [3.63, 3.8) is 0 Å². The van der Waals surface area contributed by atoms with Gasteiger partial charge in [-0.2, -0.15) is 0 Å². The van der Waals surface area contributed by atoms with Gasteiger partial charge in [-0.15, -0.1) is 0 Å². The molecule has 2 N–H and O–H groups in total. The van der Waals surface area contributed by atoms with E-state index >= 15 is 0 Å². The van der Waals surface area contributed by atoms with E-state index in [1.807, 2.05) is 6.92 Å². The van der Waals surface area contributed by atoms with Gasteiger partial charge in [-0.25, -0.2) is 8.42 Å². The van der Waals surface area contributed by atoms with Crippen LogP contribution in [-0.4, -0.2) is 14.3 Å². The molecule has 0 heterocycles. The van der Waals surface area contributed by atoms with Gasteiger partial charge in [-0.05, 0) is 49.7 Å². The summed E-state index contributed by atoms with van der Waals surface area (Å²) in [7, 11) is -3.83. The molecule has 2 rings (SSSR count). The van der Waals surface area contributed by atoms with Gasteiger partial charge in [0.15, 0.2) is 0 Å². The quantitative estimate of drug-likeness (QED) is 0.562. The molecule has 7 heteroatoms. The smallest absolute Gasteiger partial charge is 0.262 e. The zero-order valence-electron chi connectivity index (χ0n) is 14.4. The van der Waals surface area contributed by atoms with Crippen LogP contribution in [0.5, 0.6) is 0 Å². The summed E-state index contributed by atoms with van der Waals surface area (Å²) in [4.78, 5) is 11.9. The summed E-state index contributed by atoms with van der Waals surface area (Å²) in [5.41, 5.74) is 1.31. The van der Waals surface area contributed by atoms with Crippen molar-refractivity contribution >= 4 is 38.9 Å². The van der Waals surface area contributed by atoms with Crippen molar-refractivity contribution in [1.29, 1.82) is 0 Å². The molecule has 0 saturated carbocycles. The zero-order chi connectivity index (χ0) is 19.2. The van der Waals surface area contributed by atoms with Crippen LogP contribution in [0.3, 0.4) is 0 Å². The van der Waals surface area contributed by atoms with Crippen molar-refractivity contribution in [1.82, 2.24) is 0 Å². The third kappa shape index (κ3) is 5.47.